The first-order chi connectivity index (χ1) is 24.2. The molecule has 51 heavy (non-hydrogen) atoms. The number of nitro groups is 2. The maximum atomic E-state index is 13.7. The third-order valence-electron chi connectivity index (χ3n) is 14.0. The molecular formula is C41H54N2O8. The summed E-state index contributed by atoms with van der Waals surface area (Å²) in [6.07, 6.45) is 10.8. The molecule has 4 saturated carbocycles. The molecule has 10 atom stereocenters. The zero-order chi connectivity index (χ0) is 36.7. The zero-order valence-electron chi connectivity index (χ0n) is 30.8. The number of carbonyl (C=O) groups excluding carboxylic acids is 2. The van der Waals surface area contributed by atoms with Crippen LogP contribution in [0.3, 0.4) is 0 Å². The maximum Gasteiger partial charge on any atom is 0.338 e. The van der Waals surface area contributed by atoms with E-state index in [1.165, 1.54) is 87.1 Å². The summed E-state index contributed by atoms with van der Waals surface area (Å²) in [6.45, 7) is 12.0. The summed E-state index contributed by atoms with van der Waals surface area (Å²) in [6, 6.07) is 11.0. The van der Waals surface area contributed by atoms with Gasteiger partial charge in [0.1, 0.15) is 12.2 Å². The molecule has 0 N–H and O–H groups in total. The van der Waals surface area contributed by atoms with E-state index in [2.05, 4.69) is 34.6 Å². The van der Waals surface area contributed by atoms with Crippen molar-refractivity contribution in [2.24, 2.45) is 52.3 Å². The third kappa shape index (κ3) is 7.29. The van der Waals surface area contributed by atoms with Crippen molar-refractivity contribution in [2.75, 3.05) is 0 Å². The fourth-order valence-electron chi connectivity index (χ4n) is 11.4. The van der Waals surface area contributed by atoms with Gasteiger partial charge >= 0.3 is 11.9 Å². The fraction of sp³-hybridized carbons (Fsp3) is 0.659. The summed E-state index contributed by atoms with van der Waals surface area (Å²) in [5, 5.41) is 22.4. The van der Waals surface area contributed by atoms with Crippen LogP contribution in [0.5, 0.6) is 0 Å². The summed E-state index contributed by atoms with van der Waals surface area (Å²) in [7, 11) is 0. The van der Waals surface area contributed by atoms with Gasteiger partial charge in [0.05, 0.1) is 21.0 Å². The number of esters is 2. The molecule has 276 valence electrons. The lowest BCUT2D eigenvalue weighted by atomic mass is 9.43. The number of benzene rings is 2. The molecule has 6 rings (SSSR count). The Bertz CT molecular complexity index is 1610. The lowest BCUT2D eigenvalue weighted by Crippen LogP contribution is -2.59. The molecule has 2 aromatic carbocycles. The Morgan fingerprint density at radius 3 is 1.84 bits per heavy atom. The van der Waals surface area contributed by atoms with Gasteiger partial charge in [-0.3, -0.25) is 20.2 Å². The Hall–Kier alpha value is -3.82. The smallest absolute Gasteiger partial charge is 0.338 e. The van der Waals surface area contributed by atoms with E-state index in [-0.39, 0.29) is 51.5 Å². The SMILES string of the molecule is CC(C)CCC[C@@H](C)[C@H]1CC[C@H]2[C@@H]3CC(OC(=O)c4ccc([N+](=O)[O-])cc4)C4CC(OC(=O)c5ccc([N+](=O)[O-])cc5)CC[C@]4(C)[C@H]3CC[C@]12C. The largest absolute Gasteiger partial charge is 0.459 e. The highest BCUT2D eigenvalue weighted by Gasteiger charge is 2.63. The number of fused-ring (bicyclic) bond motifs is 5. The normalized spacial score (nSPS) is 33.3. The van der Waals surface area contributed by atoms with Crippen LogP contribution in [0.2, 0.25) is 0 Å². The second kappa shape index (κ2) is 14.7. The average Bonchev–Trinajstić information content (AvgIpc) is 3.46. The summed E-state index contributed by atoms with van der Waals surface area (Å²) in [5.41, 5.74) is 0.520. The monoisotopic (exact) mass is 702 g/mol. The fourth-order valence-corrected chi connectivity index (χ4v) is 11.4. The lowest BCUT2D eigenvalue weighted by Gasteiger charge is -2.62. The molecule has 0 aromatic heterocycles. The molecule has 0 saturated heterocycles. The number of rotatable bonds is 11. The molecule has 0 radical (unpaired) electrons. The van der Waals surface area contributed by atoms with Crippen molar-refractivity contribution >= 4 is 23.3 Å². The molecule has 4 aliphatic carbocycles. The summed E-state index contributed by atoms with van der Waals surface area (Å²) < 4.78 is 12.5. The van der Waals surface area contributed by atoms with Crippen molar-refractivity contribution in [3.05, 3.63) is 79.9 Å². The second-order valence-electron chi connectivity index (χ2n) is 17.1. The summed E-state index contributed by atoms with van der Waals surface area (Å²) in [4.78, 5) is 48.3. The van der Waals surface area contributed by atoms with Crippen LogP contribution < -0.4 is 0 Å². The number of hydrogen-bond donors (Lipinski definition) is 0. The first kappa shape index (κ1) is 37.0. The van der Waals surface area contributed by atoms with E-state index >= 15 is 0 Å². The first-order valence-electron chi connectivity index (χ1n) is 19.1. The van der Waals surface area contributed by atoms with Gasteiger partial charge < -0.3 is 9.47 Å². The Morgan fingerprint density at radius 1 is 0.725 bits per heavy atom. The average molecular weight is 703 g/mol. The molecule has 3 unspecified atom stereocenters. The van der Waals surface area contributed by atoms with Crippen LogP contribution in [0.25, 0.3) is 0 Å². The van der Waals surface area contributed by atoms with Crippen molar-refractivity contribution in [2.45, 2.75) is 117 Å². The van der Waals surface area contributed by atoms with Crippen molar-refractivity contribution < 1.29 is 28.9 Å². The second-order valence-corrected chi connectivity index (χ2v) is 17.1. The van der Waals surface area contributed by atoms with Crippen LogP contribution in [0, 0.1) is 72.5 Å². The zero-order valence-corrected chi connectivity index (χ0v) is 30.8. The van der Waals surface area contributed by atoms with Gasteiger partial charge in [-0.05, 0) is 122 Å². The van der Waals surface area contributed by atoms with Crippen LogP contribution in [0.15, 0.2) is 48.5 Å². The Kier molecular flexibility index (Phi) is 10.6. The molecule has 2 aromatic rings. The molecule has 0 heterocycles. The number of carbonyl (C=O) groups is 2. The van der Waals surface area contributed by atoms with E-state index in [0.717, 1.165) is 25.2 Å². The molecule has 4 aliphatic rings. The van der Waals surface area contributed by atoms with Gasteiger partial charge in [0.15, 0.2) is 0 Å². The molecule has 0 spiro atoms. The Balaban J connectivity index is 1.24. The van der Waals surface area contributed by atoms with Crippen molar-refractivity contribution in [3.8, 4) is 0 Å². The maximum absolute atomic E-state index is 13.7. The number of nitro benzene ring substituents is 2. The van der Waals surface area contributed by atoms with Gasteiger partial charge in [0.25, 0.3) is 11.4 Å². The van der Waals surface area contributed by atoms with Gasteiger partial charge in [0.2, 0.25) is 0 Å². The van der Waals surface area contributed by atoms with E-state index in [0.29, 0.717) is 42.4 Å². The highest BCUT2D eigenvalue weighted by atomic mass is 16.6. The molecular weight excluding hydrogens is 648 g/mol. The molecule has 10 nitrogen and oxygen atoms in total. The van der Waals surface area contributed by atoms with Crippen LogP contribution >= 0.6 is 0 Å². The molecule has 0 bridgehead atoms. The van der Waals surface area contributed by atoms with Crippen LogP contribution in [-0.4, -0.2) is 34.0 Å². The lowest BCUT2D eigenvalue weighted by molar-refractivity contribution is -0.385. The van der Waals surface area contributed by atoms with Crippen LogP contribution in [0.1, 0.15) is 126 Å². The van der Waals surface area contributed by atoms with E-state index in [9.17, 15) is 29.8 Å². The Morgan fingerprint density at radius 2 is 1.27 bits per heavy atom. The molecule has 0 amide bonds. The van der Waals surface area contributed by atoms with E-state index < -0.39 is 21.8 Å². The topological polar surface area (TPSA) is 139 Å². The number of non-ortho nitro benzene ring substituents is 2. The summed E-state index contributed by atoms with van der Waals surface area (Å²) in [5.74, 6) is 2.54. The standard InChI is InChI=1S/C41H54N2O8/c1-25(2)7-6-8-26(3)33-17-18-34-32-24-37(51-39(45)28-11-15-30(16-12-28)43(48)49)36-23-31(19-21-41(36,5)35(32)20-22-40(33,34)4)50-38(44)27-9-13-29(14-10-27)42(46)47/h9-16,25-26,31-37H,6-8,17-24H2,1-5H3/t26-,31?,32+,33-,34+,35+,36?,37?,40-,41-/m1/s1. The van der Waals surface area contributed by atoms with Gasteiger partial charge in [-0.1, -0.05) is 53.9 Å². The molecule has 10 heteroatoms. The minimum Gasteiger partial charge on any atom is -0.459 e. The minimum absolute atomic E-state index is 0.0272. The predicted octanol–water partition coefficient (Wildman–Crippen LogP) is 9.99. The Labute approximate surface area is 301 Å². The van der Waals surface area contributed by atoms with Gasteiger partial charge in [-0.2, -0.15) is 0 Å². The number of ether oxygens (including phenoxy) is 2. The third-order valence-corrected chi connectivity index (χ3v) is 14.0. The number of hydrogen-bond acceptors (Lipinski definition) is 8. The highest BCUT2D eigenvalue weighted by molar-refractivity contribution is 5.90. The van der Waals surface area contributed by atoms with Crippen molar-refractivity contribution in [1.82, 2.24) is 0 Å². The minimum atomic E-state index is -0.514. The first-order valence-corrected chi connectivity index (χ1v) is 19.1. The van der Waals surface area contributed by atoms with Crippen molar-refractivity contribution in [3.63, 3.8) is 0 Å². The van der Waals surface area contributed by atoms with Gasteiger partial charge in [-0.25, -0.2) is 9.59 Å². The van der Waals surface area contributed by atoms with Crippen LogP contribution in [0.4, 0.5) is 11.4 Å². The van der Waals surface area contributed by atoms with E-state index in [4.69, 9.17) is 9.47 Å². The van der Waals surface area contributed by atoms with Gasteiger partial charge in [0, 0.05) is 30.2 Å². The van der Waals surface area contributed by atoms with Crippen LogP contribution in [-0.2, 0) is 9.47 Å². The predicted molar refractivity (Wildman–Crippen MR) is 193 cm³/mol. The van der Waals surface area contributed by atoms with Gasteiger partial charge in [-0.15, -0.1) is 0 Å². The quantitative estimate of drug-likeness (QED) is 0.128. The van der Waals surface area contributed by atoms with Crippen molar-refractivity contribution in [1.29, 1.82) is 0 Å². The van der Waals surface area contributed by atoms with E-state index in [1.807, 2.05) is 0 Å². The molecule has 0 aliphatic heterocycles. The number of nitrogens with zero attached hydrogens (tertiary/aromatic N) is 2. The molecule has 4 fully saturated rings. The highest BCUT2D eigenvalue weighted by Crippen LogP contribution is 2.69. The van der Waals surface area contributed by atoms with E-state index in [1.54, 1.807) is 0 Å². The summed E-state index contributed by atoms with van der Waals surface area (Å²) >= 11 is 0.